The third-order valence-corrected chi connectivity index (χ3v) is 2.93. The summed E-state index contributed by atoms with van der Waals surface area (Å²) in [5, 5.41) is 22.0. The maximum absolute atomic E-state index is 11.1. The van der Waals surface area contributed by atoms with Gasteiger partial charge in [0, 0.05) is 0 Å². The van der Waals surface area contributed by atoms with Crippen molar-refractivity contribution in [3.8, 4) is 5.69 Å². The van der Waals surface area contributed by atoms with Gasteiger partial charge in [0.05, 0.1) is 16.9 Å². The predicted octanol–water partition coefficient (Wildman–Crippen LogP) is 2.23. The zero-order chi connectivity index (χ0) is 14.2. The minimum atomic E-state index is -1.21. The van der Waals surface area contributed by atoms with Crippen molar-refractivity contribution >= 4 is 23.5 Å². The van der Waals surface area contributed by atoms with E-state index in [0.717, 1.165) is 4.68 Å². The van der Waals surface area contributed by atoms with Crippen LogP contribution in [0, 0.1) is 6.92 Å². The molecule has 2 aromatic rings. The molecule has 0 saturated carbocycles. The Morgan fingerprint density at radius 2 is 1.84 bits per heavy atom. The first-order chi connectivity index (χ1) is 8.93. The van der Waals surface area contributed by atoms with Gasteiger partial charge in [0.25, 0.3) is 0 Å². The van der Waals surface area contributed by atoms with Gasteiger partial charge in [-0.25, -0.2) is 14.3 Å². The highest BCUT2D eigenvalue weighted by atomic mass is 35.5. The summed E-state index contributed by atoms with van der Waals surface area (Å²) < 4.78 is 1.11. The molecule has 98 valence electrons. The van der Waals surface area contributed by atoms with E-state index in [1.54, 1.807) is 12.1 Å². The normalized spacial score (nSPS) is 10.4. The number of benzene rings is 1. The molecule has 0 radical (unpaired) electrons. The second-order valence-electron chi connectivity index (χ2n) is 3.79. The van der Waals surface area contributed by atoms with E-state index < -0.39 is 11.9 Å². The van der Waals surface area contributed by atoms with Gasteiger partial charge in [0.2, 0.25) is 0 Å². The Bertz CT molecular complexity index is 678. The number of carboxylic acids is 2. The number of aromatic carboxylic acids is 2. The SMILES string of the molecule is Cc1nn(-c2ccccc2C(=O)O)c(Cl)c1C(=O)O. The van der Waals surface area contributed by atoms with Crippen LogP contribution in [0.2, 0.25) is 5.15 Å². The van der Waals surface area contributed by atoms with Gasteiger partial charge in [0.1, 0.15) is 10.7 Å². The fourth-order valence-electron chi connectivity index (χ4n) is 1.74. The number of aromatic nitrogens is 2. The van der Waals surface area contributed by atoms with E-state index in [2.05, 4.69) is 5.10 Å². The summed E-state index contributed by atoms with van der Waals surface area (Å²) >= 11 is 5.96. The molecule has 0 aliphatic rings. The molecule has 6 nitrogen and oxygen atoms in total. The maximum atomic E-state index is 11.1. The fraction of sp³-hybridized carbons (Fsp3) is 0.0833. The molecule has 0 fully saturated rings. The standard InChI is InChI=1S/C12H9ClN2O4/c1-6-9(12(18)19)10(13)15(14-6)8-5-3-2-4-7(8)11(16)17/h2-5H,1H3,(H,16,17)(H,18,19). The van der Waals surface area contributed by atoms with E-state index in [4.69, 9.17) is 21.8 Å². The van der Waals surface area contributed by atoms with Gasteiger partial charge < -0.3 is 10.2 Å². The Kier molecular flexibility index (Phi) is 3.26. The molecule has 1 aromatic carbocycles. The summed E-state index contributed by atoms with van der Waals surface area (Å²) in [6.07, 6.45) is 0. The van der Waals surface area contributed by atoms with Crippen molar-refractivity contribution in [1.29, 1.82) is 0 Å². The van der Waals surface area contributed by atoms with Crippen molar-refractivity contribution in [2.75, 3.05) is 0 Å². The van der Waals surface area contributed by atoms with E-state index in [0.29, 0.717) is 0 Å². The molecule has 2 N–H and O–H groups in total. The van der Waals surface area contributed by atoms with Crippen LogP contribution in [0.5, 0.6) is 0 Å². The molecular formula is C12H9ClN2O4. The number of carboxylic acid groups (broad SMARTS) is 2. The molecule has 2 rings (SSSR count). The average Bonchev–Trinajstić information content (AvgIpc) is 2.64. The van der Waals surface area contributed by atoms with Gasteiger partial charge >= 0.3 is 11.9 Å². The van der Waals surface area contributed by atoms with Gasteiger partial charge in [-0.15, -0.1) is 0 Å². The minimum absolute atomic E-state index is 0.0103. The monoisotopic (exact) mass is 280 g/mol. The van der Waals surface area contributed by atoms with Crippen molar-refractivity contribution in [3.05, 3.63) is 46.2 Å². The van der Waals surface area contributed by atoms with Crippen LogP contribution in [0.25, 0.3) is 5.69 Å². The molecule has 1 heterocycles. The quantitative estimate of drug-likeness (QED) is 0.899. The first-order valence-electron chi connectivity index (χ1n) is 5.24. The van der Waals surface area contributed by atoms with Crippen molar-refractivity contribution in [3.63, 3.8) is 0 Å². The molecule has 0 amide bonds. The molecule has 0 saturated heterocycles. The van der Waals surface area contributed by atoms with E-state index >= 15 is 0 Å². The number of carbonyl (C=O) groups is 2. The highest BCUT2D eigenvalue weighted by Crippen LogP contribution is 2.25. The molecule has 1 aromatic heterocycles. The highest BCUT2D eigenvalue weighted by molar-refractivity contribution is 6.33. The maximum Gasteiger partial charge on any atom is 0.340 e. The number of aryl methyl sites for hydroxylation is 1. The number of para-hydroxylation sites is 1. The van der Waals surface area contributed by atoms with Gasteiger partial charge in [-0.1, -0.05) is 23.7 Å². The van der Waals surface area contributed by atoms with Gasteiger partial charge in [-0.05, 0) is 19.1 Å². The second kappa shape index (κ2) is 4.74. The van der Waals surface area contributed by atoms with Crippen molar-refractivity contribution < 1.29 is 19.8 Å². The van der Waals surface area contributed by atoms with Crippen molar-refractivity contribution in [2.45, 2.75) is 6.92 Å². The number of hydrogen-bond acceptors (Lipinski definition) is 3. The zero-order valence-corrected chi connectivity index (χ0v) is 10.5. The Hall–Kier alpha value is -2.34. The van der Waals surface area contributed by atoms with E-state index in [9.17, 15) is 9.59 Å². The number of rotatable bonds is 3. The lowest BCUT2D eigenvalue weighted by Gasteiger charge is -2.06. The molecular weight excluding hydrogens is 272 g/mol. The van der Waals surface area contributed by atoms with Crippen LogP contribution >= 0.6 is 11.6 Å². The summed E-state index contributed by atoms with van der Waals surface area (Å²) in [5.41, 5.74) is 0.291. The number of nitrogens with zero attached hydrogens (tertiary/aromatic N) is 2. The van der Waals surface area contributed by atoms with E-state index in [1.807, 2.05) is 0 Å². The molecule has 7 heteroatoms. The lowest BCUT2D eigenvalue weighted by atomic mass is 10.2. The van der Waals surface area contributed by atoms with Gasteiger partial charge in [-0.3, -0.25) is 0 Å². The first kappa shape index (κ1) is 13.1. The number of hydrogen-bond donors (Lipinski definition) is 2. The zero-order valence-electron chi connectivity index (χ0n) is 9.79. The van der Waals surface area contributed by atoms with Gasteiger partial charge in [0.15, 0.2) is 0 Å². The summed E-state index contributed by atoms with van der Waals surface area (Å²) in [5.74, 6) is -2.35. The minimum Gasteiger partial charge on any atom is -0.478 e. The van der Waals surface area contributed by atoms with Crippen LogP contribution in [-0.4, -0.2) is 31.9 Å². The van der Waals surface area contributed by atoms with Crippen LogP contribution in [0.3, 0.4) is 0 Å². The van der Waals surface area contributed by atoms with Crippen LogP contribution in [0.4, 0.5) is 0 Å². The average molecular weight is 281 g/mol. The van der Waals surface area contributed by atoms with Crippen LogP contribution < -0.4 is 0 Å². The van der Waals surface area contributed by atoms with E-state index in [-0.39, 0.29) is 27.7 Å². The largest absolute Gasteiger partial charge is 0.478 e. The summed E-state index contributed by atoms with van der Waals surface area (Å²) in [6, 6.07) is 6.09. The molecule has 0 aliphatic carbocycles. The number of halogens is 1. The molecule has 0 unspecified atom stereocenters. The first-order valence-corrected chi connectivity index (χ1v) is 5.62. The lowest BCUT2D eigenvalue weighted by molar-refractivity contribution is 0.0686. The molecule has 0 atom stereocenters. The summed E-state index contributed by atoms with van der Waals surface area (Å²) in [6.45, 7) is 1.50. The molecule has 0 aliphatic heterocycles. The van der Waals surface area contributed by atoms with Crippen LogP contribution in [-0.2, 0) is 0 Å². The Labute approximate surface area is 112 Å². The third kappa shape index (κ3) is 2.17. The second-order valence-corrected chi connectivity index (χ2v) is 4.15. The van der Waals surface area contributed by atoms with Gasteiger partial charge in [-0.2, -0.15) is 5.10 Å². The lowest BCUT2D eigenvalue weighted by Crippen LogP contribution is -2.07. The van der Waals surface area contributed by atoms with Crippen LogP contribution in [0.15, 0.2) is 24.3 Å². The van der Waals surface area contributed by atoms with Crippen LogP contribution in [0.1, 0.15) is 26.4 Å². The molecule has 0 bridgehead atoms. The molecule has 19 heavy (non-hydrogen) atoms. The Morgan fingerprint density at radius 3 is 2.37 bits per heavy atom. The van der Waals surface area contributed by atoms with E-state index in [1.165, 1.54) is 19.1 Å². The summed E-state index contributed by atoms with van der Waals surface area (Å²) in [4.78, 5) is 22.2. The smallest absolute Gasteiger partial charge is 0.340 e. The topological polar surface area (TPSA) is 92.4 Å². The predicted molar refractivity (Wildman–Crippen MR) is 67.2 cm³/mol. The summed E-state index contributed by atoms with van der Waals surface area (Å²) in [7, 11) is 0. The van der Waals surface area contributed by atoms with Crippen molar-refractivity contribution in [1.82, 2.24) is 9.78 Å². The Morgan fingerprint density at radius 1 is 1.21 bits per heavy atom. The Balaban J connectivity index is 2.70. The van der Waals surface area contributed by atoms with Crippen molar-refractivity contribution in [2.24, 2.45) is 0 Å². The fourth-order valence-corrected chi connectivity index (χ4v) is 2.09. The highest BCUT2D eigenvalue weighted by Gasteiger charge is 2.22. The third-order valence-electron chi connectivity index (χ3n) is 2.58. The molecule has 0 spiro atoms.